The quantitative estimate of drug-likeness (QED) is 0.359. The summed E-state index contributed by atoms with van der Waals surface area (Å²) >= 11 is 5.94. The minimum Gasteiger partial charge on any atom is -0.451 e. The summed E-state index contributed by atoms with van der Waals surface area (Å²) in [6.45, 7) is 4.85. The molecule has 36 heavy (non-hydrogen) atoms. The first-order chi connectivity index (χ1) is 17.5. The molecule has 1 N–H and O–H groups in total. The van der Waals surface area contributed by atoms with E-state index in [-0.39, 0.29) is 17.6 Å². The summed E-state index contributed by atoms with van der Waals surface area (Å²) in [6.07, 6.45) is 0. The lowest BCUT2D eigenvalue weighted by atomic mass is 10.1. The molecule has 4 aromatic rings. The van der Waals surface area contributed by atoms with Gasteiger partial charge in [0.05, 0.1) is 0 Å². The molecule has 1 saturated heterocycles. The van der Waals surface area contributed by atoms with Crippen molar-refractivity contribution in [3.8, 4) is 11.3 Å². The van der Waals surface area contributed by atoms with Crippen molar-refractivity contribution < 1.29 is 14.0 Å². The van der Waals surface area contributed by atoms with Gasteiger partial charge in [-0.2, -0.15) is 0 Å². The molecule has 0 radical (unpaired) electrons. The highest BCUT2D eigenvalue weighted by Gasteiger charge is 2.22. The van der Waals surface area contributed by atoms with Crippen LogP contribution < -0.4 is 10.2 Å². The number of rotatable bonds is 5. The monoisotopic (exact) mass is 499 g/mol. The Kier molecular flexibility index (Phi) is 6.78. The summed E-state index contributed by atoms with van der Waals surface area (Å²) < 4.78 is 5.73. The second-order valence-corrected chi connectivity index (χ2v) is 9.25. The van der Waals surface area contributed by atoms with Crippen molar-refractivity contribution in [2.24, 2.45) is 0 Å². The van der Waals surface area contributed by atoms with E-state index in [0.29, 0.717) is 29.6 Å². The number of carbonyl (C=O) groups excluding carboxylic acids is 2. The van der Waals surface area contributed by atoms with Gasteiger partial charge in [0, 0.05) is 53.7 Å². The number of piperazine rings is 1. The Bertz CT molecular complexity index is 1350. The summed E-state index contributed by atoms with van der Waals surface area (Å²) in [6, 6.07) is 26.1. The normalized spacial score (nSPS) is 13.5. The molecule has 2 heterocycles. The lowest BCUT2D eigenvalue weighted by Gasteiger charge is -2.36. The smallest absolute Gasteiger partial charge is 0.291 e. The maximum absolute atomic E-state index is 12.8. The standard InChI is InChI=1S/C29H26ClN3O3/c1-20-2-4-22(5-3-20)29(35)33-18-16-32(17-19-33)25-12-10-24(11-13-25)31-28(34)27-15-14-26(36-27)21-6-8-23(30)9-7-21/h2-15H,16-19H2,1H3,(H,31,34). The predicted octanol–water partition coefficient (Wildman–Crippen LogP) is 6.12. The third kappa shape index (κ3) is 5.29. The zero-order chi connectivity index (χ0) is 25.1. The van der Waals surface area contributed by atoms with Gasteiger partial charge in [0.15, 0.2) is 5.76 Å². The van der Waals surface area contributed by atoms with Crippen molar-refractivity contribution in [1.29, 1.82) is 0 Å². The highest BCUT2D eigenvalue weighted by atomic mass is 35.5. The lowest BCUT2D eigenvalue weighted by Crippen LogP contribution is -2.48. The van der Waals surface area contributed by atoms with E-state index in [1.54, 1.807) is 24.3 Å². The molecule has 0 unspecified atom stereocenters. The van der Waals surface area contributed by atoms with E-state index in [9.17, 15) is 9.59 Å². The largest absolute Gasteiger partial charge is 0.451 e. The van der Waals surface area contributed by atoms with Crippen LogP contribution in [0, 0.1) is 6.92 Å². The molecule has 1 aliphatic heterocycles. The Labute approximate surface area is 215 Å². The molecule has 0 atom stereocenters. The van der Waals surface area contributed by atoms with Gasteiger partial charge in [0.2, 0.25) is 0 Å². The Morgan fingerprint density at radius 3 is 2.14 bits per heavy atom. The first-order valence-corrected chi connectivity index (χ1v) is 12.2. The topological polar surface area (TPSA) is 65.8 Å². The molecule has 0 saturated carbocycles. The van der Waals surface area contributed by atoms with Crippen molar-refractivity contribution >= 4 is 34.8 Å². The SMILES string of the molecule is Cc1ccc(C(=O)N2CCN(c3ccc(NC(=O)c4ccc(-c5ccc(Cl)cc5)o4)cc3)CC2)cc1. The molecule has 0 bridgehead atoms. The van der Waals surface area contributed by atoms with Crippen LogP contribution >= 0.6 is 11.6 Å². The van der Waals surface area contributed by atoms with Crippen molar-refractivity contribution in [2.75, 3.05) is 36.4 Å². The van der Waals surface area contributed by atoms with Gasteiger partial charge < -0.3 is 19.5 Å². The number of benzene rings is 3. The summed E-state index contributed by atoms with van der Waals surface area (Å²) in [5.74, 6) is 0.599. The van der Waals surface area contributed by atoms with E-state index >= 15 is 0 Å². The Morgan fingerprint density at radius 1 is 0.806 bits per heavy atom. The van der Waals surface area contributed by atoms with Crippen molar-refractivity contribution in [3.05, 3.63) is 107 Å². The number of aryl methyl sites for hydroxylation is 1. The van der Waals surface area contributed by atoms with E-state index in [4.69, 9.17) is 16.0 Å². The first kappa shape index (κ1) is 23.7. The third-order valence-corrected chi connectivity index (χ3v) is 6.57. The van der Waals surface area contributed by atoms with Gasteiger partial charge in [-0.25, -0.2) is 0 Å². The fraction of sp³-hybridized carbons (Fsp3) is 0.172. The zero-order valence-electron chi connectivity index (χ0n) is 19.9. The molecule has 0 spiro atoms. The third-order valence-electron chi connectivity index (χ3n) is 6.31. The molecular weight excluding hydrogens is 474 g/mol. The molecule has 7 heteroatoms. The van der Waals surface area contributed by atoms with Crippen LogP contribution in [0.4, 0.5) is 11.4 Å². The van der Waals surface area contributed by atoms with Crippen LogP contribution in [0.1, 0.15) is 26.5 Å². The van der Waals surface area contributed by atoms with Gasteiger partial charge in [-0.3, -0.25) is 9.59 Å². The number of carbonyl (C=O) groups is 2. The second kappa shape index (κ2) is 10.3. The van der Waals surface area contributed by atoms with Crippen LogP contribution in [0.25, 0.3) is 11.3 Å². The first-order valence-electron chi connectivity index (χ1n) is 11.8. The maximum atomic E-state index is 12.8. The van der Waals surface area contributed by atoms with E-state index in [1.807, 2.05) is 72.5 Å². The average Bonchev–Trinajstić information content (AvgIpc) is 3.40. The molecule has 0 aliphatic carbocycles. The number of amides is 2. The Balaban J connectivity index is 1.16. The molecule has 5 rings (SSSR count). The molecule has 1 aromatic heterocycles. The van der Waals surface area contributed by atoms with Crippen molar-refractivity contribution in [1.82, 2.24) is 4.90 Å². The lowest BCUT2D eigenvalue weighted by molar-refractivity contribution is 0.0746. The van der Waals surface area contributed by atoms with Crippen LogP contribution in [0.3, 0.4) is 0 Å². The van der Waals surface area contributed by atoms with E-state index in [0.717, 1.165) is 35.5 Å². The van der Waals surface area contributed by atoms with Gasteiger partial charge in [0.25, 0.3) is 11.8 Å². The van der Waals surface area contributed by atoms with Gasteiger partial charge in [0.1, 0.15) is 5.76 Å². The Hall–Kier alpha value is -4.03. The number of hydrogen-bond acceptors (Lipinski definition) is 4. The fourth-order valence-electron chi connectivity index (χ4n) is 4.22. The number of nitrogens with one attached hydrogen (secondary N) is 1. The molecule has 2 amide bonds. The molecular formula is C29H26ClN3O3. The number of furan rings is 1. The second-order valence-electron chi connectivity index (χ2n) is 8.82. The van der Waals surface area contributed by atoms with E-state index < -0.39 is 0 Å². The van der Waals surface area contributed by atoms with Crippen LogP contribution in [0.15, 0.2) is 89.3 Å². The van der Waals surface area contributed by atoms with E-state index in [2.05, 4.69) is 10.2 Å². The summed E-state index contributed by atoms with van der Waals surface area (Å²) in [5, 5.41) is 3.52. The number of halogens is 1. The number of nitrogens with zero attached hydrogens (tertiary/aromatic N) is 2. The van der Waals surface area contributed by atoms with Crippen LogP contribution in [-0.2, 0) is 0 Å². The highest BCUT2D eigenvalue weighted by Crippen LogP contribution is 2.25. The van der Waals surface area contributed by atoms with Crippen molar-refractivity contribution in [2.45, 2.75) is 6.92 Å². The molecule has 1 aliphatic rings. The minimum atomic E-state index is -0.314. The van der Waals surface area contributed by atoms with Gasteiger partial charge in [-0.15, -0.1) is 0 Å². The van der Waals surface area contributed by atoms with Gasteiger partial charge in [-0.1, -0.05) is 29.3 Å². The average molecular weight is 500 g/mol. The van der Waals surface area contributed by atoms with Crippen LogP contribution in [0.2, 0.25) is 5.02 Å². The molecule has 3 aromatic carbocycles. The van der Waals surface area contributed by atoms with Gasteiger partial charge in [-0.05, 0) is 79.7 Å². The van der Waals surface area contributed by atoms with E-state index in [1.165, 1.54) is 0 Å². The summed E-state index contributed by atoms with van der Waals surface area (Å²) in [5.41, 5.74) is 4.46. The predicted molar refractivity (Wildman–Crippen MR) is 143 cm³/mol. The van der Waals surface area contributed by atoms with Crippen LogP contribution in [-0.4, -0.2) is 42.9 Å². The number of hydrogen-bond donors (Lipinski definition) is 1. The zero-order valence-corrected chi connectivity index (χ0v) is 20.7. The van der Waals surface area contributed by atoms with Gasteiger partial charge >= 0.3 is 0 Å². The highest BCUT2D eigenvalue weighted by molar-refractivity contribution is 6.30. The maximum Gasteiger partial charge on any atom is 0.291 e. The minimum absolute atomic E-state index is 0.0739. The van der Waals surface area contributed by atoms with Crippen LogP contribution in [0.5, 0.6) is 0 Å². The molecule has 6 nitrogen and oxygen atoms in total. The van der Waals surface area contributed by atoms with Crippen molar-refractivity contribution in [3.63, 3.8) is 0 Å². The molecule has 182 valence electrons. The summed E-state index contributed by atoms with van der Waals surface area (Å²) in [4.78, 5) is 29.6. The Morgan fingerprint density at radius 2 is 1.47 bits per heavy atom. The molecule has 1 fully saturated rings. The fourth-order valence-corrected chi connectivity index (χ4v) is 4.35. The number of anilines is 2. The summed E-state index contributed by atoms with van der Waals surface area (Å²) in [7, 11) is 0.